The fourth-order valence-corrected chi connectivity index (χ4v) is 4.38. The SMILES string of the molecule is CS(=O)(=O)c1ccccc1-c1nc(Nc2ccc(C(F)(F)F)nc2)c2nc(N)sc2n1. The Morgan fingerprint density at radius 2 is 1.81 bits per heavy atom. The molecular weight excluding hydrogens is 453 g/mol. The Morgan fingerprint density at radius 1 is 1.06 bits per heavy atom. The Kier molecular flexibility index (Phi) is 5.01. The van der Waals surface area contributed by atoms with Crippen LogP contribution in [0.15, 0.2) is 47.5 Å². The number of halogens is 3. The van der Waals surface area contributed by atoms with E-state index < -0.39 is 21.7 Å². The van der Waals surface area contributed by atoms with E-state index in [-0.39, 0.29) is 32.9 Å². The number of benzene rings is 1. The van der Waals surface area contributed by atoms with Gasteiger partial charge in [0.1, 0.15) is 11.2 Å². The topological polar surface area (TPSA) is 124 Å². The summed E-state index contributed by atoms with van der Waals surface area (Å²) >= 11 is 1.07. The summed E-state index contributed by atoms with van der Waals surface area (Å²) in [6.07, 6.45) is -2.48. The number of sulfone groups is 1. The van der Waals surface area contributed by atoms with Gasteiger partial charge in [-0.3, -0.25) is 0 Å². The molecule has 4 aromatic rings. The molecule has 4 rings (SSSR count). The van der Waals surface area contributed by atoms with Crippen LogP contribution in [0.1, 0.15) is 5.69 Å². The number of nitrogens with zero attached hydrogens (tertiary/aromatic N) is 4. The van der Waals surface area contributed by atoms with E-state index in [9.17, 15) is 21.6 Å². The highest BCUT2D eigenvalue weighted by Gasteiger charge is 2.32. The van der Waals surface area contributed by atoms with Crippen LogP contribution >= 0.6 is 11.3 Å². The third-order valence-electron chi connectivity index (χ3n) is 4.12. The van der Waals surface area contributed by atoms with E-state index >= 15 is 0 Å². The van der Waals surface area contributed by atoms with Gasteiger partial charge in [-0.1, -0.05) is 23.5 Å². The van der Waals surface area contributed by atoms with Crippen LogP contribution in [0.5, 0.6) is 0 Å². The van der Waals surface area contributed by atoms with Gasteiger partial charge in [0.2, 0.25) is 0 Å². The van der Waals surface area contributed by atoms with Crippen LogP contribution in [0.4, 0.5) is 29.8 Å². The van der Waals surface area contributed by atoms with Crippen molar-refractivity contribution in [1.29, 1.82) is 0 Å². The quantitative estimate of drug-likeness (QED) is 0.464. The zero-order chi connectivity index (χ0) is 22.4. The second-order valence-electron chi connectivity index (χ2n) is 6.42. The minimum Gasteiger partial charge on any atom is -0.375 e. The third-order valence-corrected chi connectivity index (χ3v) is 6.05. The number of hydrogen-bond donors (Lipinski definition) is 2. The van der Waals surface area contributed by atoms with Gasteiger partial charge in [-0.15, -0.1) is 0 Å². The van der Waals surface area contributed by atoms with Gasteiger partial charge >= 0.3 is 6.18 Å². The number of nitrogens with two attached hydrogens (primary N) is 1. The maximum Gasteiger partial charge on any atom is 0.433 e. The molecule has 0 saturated carbocycles. The molecule has 0 spiro atoms. The van der Waals surface area contributed by atoms with E-state index in [2.05, 4.69) is 25.3 Å². The number of alkyl halides is 3. The smallest absolute Gasteiger partial charge is 0.375 e. The molecule has 0 aliphatic rings. The Hall–Kier alpha value is -3.32. The second kappa shape index (κ2) is 7.42. The summed E-state index contributed by atoms with van der Waals surface area (Å²) in [6.45, 7) is 0. The molecule has 3 heterocycles. The summed E-state index contributed by atoms with van der Waals surface area (Å²) in [4.78, 5) is 16.7. The van der Waals surface area contributed by atoms with Gasteiger partial charge in [-0.05, 0) is 24.3 Å². The summed E-state index contributed by atoms with van der Waals surface area (Å²) < 4.78 is 62.6. The van der Waals surface area contributed by atoms with Gasteiger partial charge in [-0.25, -0.2) is 28.4 Å². The van der Waals surface area contributed by atoms with Crippen molar-refractivity contribution in [1.82, 2.24) is 19.9 Å². The molecule has 0 radical (unpaired) electrons. The lowest BCUT2D eigenvalue weighted by Crippen LogP contribution is -2.08. The molecule has 1 aromatic carbocycles. The Labute approximate surface area is 177 Å². The van der Waals surface area contributed by atoms with Gasteiger partial charge in [0.05, 0.1) is 16.8 Å². The molecule has 3 aromatic heterocycles. The summed E-state index contributed by atoms with van der Waals surface area (Å²) in [5, 5.41) is 3.07. The largest absolute Gasteiger partial charge is 0.433 e. The minimum atomic E-state index is -4.56. The fraction of sp³-hybridized carbons (Fsp3) is 0.111. The number of fused-ring (bicyclic) bond motifs is 1. The lowest BCUT2D eigenvalue weighted by atomic mass is 10.2. The van der Waals surface area contributed by atoms with Crippen molar-refractivity contribution < 1.29 is 21.6 Å². The van der Waals surface area contributed by atoms with Crippen molar-refractivity contribution in [3.05, 3.63) is 48.3 Å². The van der Waals surface area contributed by atoms with Gasteiger partial charge in [0.25, 0.3) is 0 Å². The van der Waals surface area contributed by atoms with Crippen LogP contribution in [0.2, 0.25) is 0 Å². The highest BCUT2D eigenvalue weighted by molar-refractivity contribution is 7.90. The van der Waals surface area contributed by atoms with Gasteiger partial charge in [-0.2, -0.15) is 13.2 Å². The van der Waals surface area contributed by atoms with E-state index in [1.54, 1.807) is 18.2 Å². The normalized spacial score (nSPS) is 12.3. The highest BCUT2D eigenvalue weighted by Crippen LogP contribution is 2.34. The first-order valence-electron chi connectivity index (χ1n) is 8.56. The van der Waals surface area contributed by atoms with Crippen LogP contribution < -0.4 is 11.1 Å². The second-order valence-corrected chi connectivity index (χ2v) is 9.42. The molecule has 0 aliphatic carbocycles. The number of hydrogen-bond acceptors (Lipinski definition) is 9. The number of rotatable bonds is 4. The monoisotopic (exact) mass is 466 g/mol. The summed E-state index contributed by atoms with van der Waals surface area (Å²) in [5.74, 6) is 0.248. The van der Waals surface area contributed by atoms with E-state index in [4.69, 9.17) is 5.73 Å². The number of nitrogen functional groups attached to an aromatic ring is 1. The fourth-order valence-electron chi connectivity index (χ4n) is 2.79. The first-order chi connectivity index (χ1) is 14.5. The number of pyridine rings is 1. The van der Waals surface area contributed by atoms with E-state index in [0.29, 0.717) is 10.3 Å². The number of nitrogens with one attached hydrogen (secondary N) is 1. The van der Waals surface area contributed by atoms with Crippen molar-refractivity contribution in [3.63, 3.8) is 0 Å². The van der Waals surface area contributed by atoms with Crippen LogP contribution in [0.3, 0.4) is 0 Å². The summed E-state index contributed by atoms with van der Waals surface area (Å²) in [5.41, 5.74) is 5.54. The maximum atomic E-state index is 12.8. The molecule has 8 nitrogen and oxygen atoms in total. The molecule has 0 saturated heterocycles. The third kappa shape index (κ3) is 4.27. The summed E-state index contributed by atoms with van der Waals surface area (Å²) in [6, 6.07) is 8.25. The molecule has 0 bridgehead atoms. The molecule has 0 unspecified atom stereocenters. The lowest BCUT2D eigenvalue weighted by Gasteiger charge is -2.11. The average Bonchev–Trinajstić information content (AvgIpc) is 3.07. The predicted octanol–water partition coefficient (Wildman–Crippen LogP) is 3.90. The van der Waals surface area contributed by atoms with Gasteiger partial charge in [0, 0.05) is 11.8 Å². The van der Waals surface area contributed by atoms with E-state index in [1.807, 2.05) is 0 Å². The zero-order valence-corrected chi connectivity index (χ0v) is 17.3. The molecule has 3 N–H and O–H groups in total. The number of aromatic nitrogens is 4. The maximum absolute atomic E-state index is 12.8. The number of thiazole rings is 1. The molecule has 0 aliphatic heterocycles. The molecule has 160 valence electrons. The van der Waals surface area contributed by atoms with Crippen LogP contribution in [-0.4, -0.2) is 34.6 Å². The summed E-state index contributed by atoms with van der Waals surface area (Å²) in [7, 11) is -3.57. The standard InChI is InChI=1S/C18H13F3N6O2S2/c1-31(28,29)11-5-3-2-4-10(11)14-26-15(13-16(27-14)30-17(22)25-13)24-9-6-7-12(23-8-9)18(19,20)21/h2-8H,1H3,(H2,22,25)(H,24,26,27). The highest BCUT2D eigenvalue weighted by atomic mass is 32.2. The molecule has 0 atom stereocenters. The average molecular weight is 466 g/mol. The van der Waals surface area contributed by atoms with Crippen molar-refractivity contribution >= 4 is 48.2 Å². The van der Waals surface area contributed by atoms with Crippen LogP contribution in [0, 0.1) is 0 Å². The van der Waals surface area contributed by atoms with Crippen molar-refractivity contribution in [2.45, 2.75) is 11.1 Å². The predicted molar refractivity (Wildman–Crippen MR) is 111 cm³/mol. The molecule has 31 heavy (non-hydrogen) atoms. The van der Waals surface area contributed by atoms with Crippen molar-refractivity contribution in [2.24, 2.45) is 0 Å². The Balaban J connectivity index is 1.84. The van der Waals surface area contributed by atoms with Crippen LogP contribution in [0.25, 0.3) is 21.7 Å². The van der Waals surface area contributed by atoms with Crippen molar-refractivity contribution in [3.8, 4) is 11.4 Å². The van der Waals surface area contributed by atoms with Crippen molar-refractivity contribution in [2.75, 3.05) is 17.3 Å². The van der Waals surface area contributed by atoms with Gasteiger partial charge in [0.15, 0.2) is 31.4 Å². The van der Waals surface area contributed by atoms with Crippen LogP contribution in [-0.2, 0) is 16.0 Å². The van der Waals surface area contributed by atoms with E-state index in [0.717, 1.165) is 29.9 Å². The zero-order valence-electron chi connectivity index (χ0n) is 15.7. The molecule has 0 fully saturated rings. The Bertz CT molecular complexity index is 1390. The lowest BCUT2D eigenvalue weighted by molar-refractivity contribution is -0.141. The number of anilines is 3. The molecular formula is C18H13F3N6O2S2. The first-order valence-corrected chi connectivity index (χ1v) is 11.3. The Morgan fingerprint density at radius 3 is 2.45 bits per heavy atom. The van der Waals surface area contributed by atoms with E-state index in [1.165, 1.54) is 12.1 Å². The molecule has 13 heteroatoms. The molecule has 0 amide bonds. The van der Waals surface area contributed by atoms with Gasteiger partial charge < -0.3 is 11.1 Å². The minimum absolute atomic E-state index is 0.0361. The first kappa shape index (κ1) is 20.9.